The lowest BCUT2D eigenvalue weighted by molar-refractivity contribution is 0.448. The number of hydrazone groups is 1. The Kier molecular flexibility index (Phi) is 5.52. The van der Waals surface area contributed by atoms with Crippen molar-refractivity contribution >= 4 is 44.9 Å². The van der Waals surface area contributed by atoms with Crippen LogP contribution in [0, 0.1) is 0 Å². The van der Waals surface area contributed by atoms with E-state index in [1.165, 1.54) is 37.0 Å². The van der Waals surface area contributed by atoms with Gasteiger partial charge in [0.2, 0.25) is 0 Å². The Morgan fingerprint density at radius 2 is 2.15 bits per heavy atom. The summed E-state index contributed by atoms with van der Waals surface area (Å²) in [4.78, 5) is 15.8. The largest absolute Gasteiger partial charge is 0.314 e. The molecule has 1 aliphatic carbocycles. The van der Waals surface area contributed by atoms with Gasteiger partial charge in [0.25, 0.3) is 0 Å². The average molecular weight is 387 g/mol. The second kappa shape index (κ2) is 8.20. The van der Waals surface area contributed by atoms with Crippen LogP contribution in [0.5, 0.6) is 0 Å². The van der Waals surface area contributed by atoms with Crippen molar-refractivity contribution in [3.05, 3.63) is 33.4 Å². The first kappa shape index (κ1) is 17.5. The number of thiazole rings is 1. The second-order valence-corrected chi connectivity index (χ2v) is 8.45. The van der Waals surface area contributed by atoms with Crippen molar-refractivity contribution in [1.82, 2.24) is 20.3 Å². The quantitative estimate of drug-likeness (QED) is 0.486. The van der Waals surface area contributed by atoms with Crippen molar-refractivity contribution in [2.45, 2.75) is 44.6 Å². The number of anilines is 1. The molecule has 4 rings (SSSR count). The number of rotatable bonds is 6. The first-order valence-electron chi connectivity index (χ1n) is 8.96. The number of hydrogen-bond donors (Lipinski definition) is 2. The summed E-state index contributed by atoms with van der Waals surface area (Å²) < 4.78 is 0. The molecule has 2 N–H and O–H groups in total. The van der Waals surface area contributed by atoms with E-state index >= 15 is 0 Å². The summed E-state index contributed by atoms with van der Waals surface area (Å²) in [5.74, 6) is 1.44. The van der Waals surface area contributed by atoms with E-state index in [0.717, 1.165) is 33.3 Å². The molecule has 0 spiro atoms. The summed E-state index contributed by atoms with van der Waals surface area (Å²) >= 11 is 3.38. The van der Waals surface area contributed by atoms with Gasteiger partial charge in [-0.05, 0) is 31.9 Å². The lowest BCUT2D eigenvalue weighted by Crippen LogP contribution is -2.05. The highest BCUT2D eigenvalue weighted by Crippen LogP contribution is 2.39. The maximum atomic E-state index is 4.49. The highest BCUT2D eigenvalue weighted by atomic mass is 32.1. The Hall–Kier alpha value is -1.90. The number of nitrogens with one attached hydrogen (secondary N) is 2. The Morgan fingerprint density at radius 3 is 3.00 bits per heavy atom. The van der Waals surface area contributed by atoms with Crippen LogP contribution in [-0.4, -0.2) is 28.2 Å². The molecular formula is C18H22N6S2. The molecule has 3 heterocycles. The number of aromatic nitrogens is 3. The van der Waals surface area contributed by atoms with Crippen LogP contribution in [-0.2, 0) is 6.54 Å². The van der Waals surface area contributed by atoms with Crippen molar-refractivity contribution in [3.8, 4) is 0 Å². The van der Waals surface area contributed by atoms with Crippen molar-refractivity contribution in [3.63, 3.8) is 0 Å². The Bertz CT molecular complexity index is 894. The lowest BCUT2D eigenvalue weighted by atomic mass is 9.88. The van der Waals surface area contributed by atoms with Gasteiger partial charge in [-0.2, -0.15) is 5.10 Å². The smallest absolute Gasteiger partial charge is 0.158 e. The molecule has 3 aromatic heterocycles. The van der Waals surface area contributed by atoms with Gasteiger partial charge in [0, 0.05) is 16.8 Å². The normalized spacial score (nSPS) is 15.9. The van der Waals surface area contributed by atoms with E-state index in [4.69, 9.17) is 0 Å². The molecule has 1 saturated carbocycles. The standard InChI is InChI=1S/C18H22N6S2/c1-19-8-13-10-25-16(23-13)9-22-24-17-14-7-15(12-5-3-2-4-6-12)26-18(14)21-11-20-17/h7,9-12,19H,2-6,8H2,1H3,(H,20,21,24)/b22-9+. The molecule has 3 aromatic rings. The van der Waals surface area contributed by atoms with Crippen LogP contribution in [0.4, 0.5) is 5.82 Å². The zero-order valence-corrected chi connectivity index (χ0v) is 16.4. The first-order valence-corrected chi connectivity index (χ1v) is 10.7. The van der Waals surface area contributed by atoms with E-state index in [-0.39, 0.29) is 0 Å². The van der Waals surface area contributed by atoms with Crippen molar-refractivity contribution in [2.75, 3.05) is 12.5 Å². The van der Waals surface area contributed by atoms with E-state index in [1.807, 2.05) is 12.4 Å². The van der Waals surface area contributed by atoms with Crippen molar-refractivity contribution in [1.29, 1.82) is 0 Å². The van der Waals surface area contributed by atoms with E-state index in [1.54, 1.807) is 35.2 Å². The van der Waals surface area contributed by atoms with Gasteiger partial charge in [-0.1, -0.05) is 19.3 Å². The Balaban J connectivity index is 1.50. The van der Waals surface area contributed by atoms with Crippen LogP contribution in [0.15, 0.2) is 22.9 Å². The fourth-order valence-corrected chi connectivity index (χ4v) is 5.19. The molecule has 8 heteroatoms. The molecule has 0 aromatic carbocycles. The number of fused-ring (bicyclic) bond motifs is 1. The summed E-state index contributed by atoms with van der Waals surface area (Å²) in [7, 11) is 1.91. The Labute approximate surface area is 160 Å². The SMILES string of the molecule is CNCc1csc(/C=N/Nc2ncnc3sc(C4CCCCC4)cc23)n1. The highest BCUT2D eigenvalue weighted by Gasteiger charge is 2.19. The number of nitrogens with zero attached hydrogens (tertiary/aromatic N) is 4. The van der Waals surface area contributed by atoms with Gasteiger partial charge in [-0.3, -0.25) is 5.43 Å². The van der Waals surface area contributed by atoms with Gasteiger partial charge >= 0.3 is 0 Å². The predicted octanol–water partition coefficient (Wildman–Crippen LogP) is 4.36. The maximum Gasteiger partial charge on any atom is 0.158 e. The molecule has 26 heavy (non-hydrogen) atoms. The molecule has 1 fully saturated rings. The van der Waals surface area contributed by atoms with Crippen LogP contribution in [0.3, 0.4) is 0 Å². The molecule has 1 aliphatic rings. The third kappa shape index (κ3) is 3.92. The van der Waals surface area contributed by atoms with Crippen LogP contribution >= 0.6 is 22.7 Å². The molecule has 0 atom stereocenters. The summed E-state index contributed by atoms with van der Waals surface area (Å²) in [5, 5.41) is 11.4. The molecule has 0 radical (unpaired) electrons. The lowest BCUT2D eigenvalue weighted by Gasteiger charge is -2.19. The van der Waals surface area contributed by atoms with Gasteiger partial charge in [-0.15, -0.1) is 22.7 Å². The molecular weight excluding hydrogens is 364 g/mol. The van der Waals surface area contributed by atoms with E-state index in [2.05, 4.69) is 36.9 Å². The molecule has 136 valence electrons. The van der Waals surface area contributed by atoms with E-state index in [9.17, 15) is 0 Å². The fourth-order valence-electron chi connectivity index (χ4n) is 3.34. The minimum Gasteiger partial charge on any atom is -0.314 e. The van der Waals surface area contributed by atoms with Gasteiger partial charge in [0.15, 0.2) is 5.82 Å². The molecule has 0 unspecified atom stereocenters. The van der Waals surface area contributed by atoms with Gasteiger partial charge in [0.1, 0.15) is 16.2 Å². The fraction of sp³-hybridized carbons (Fsp3) is 0.444. The van der Waals surface area contributed by atoms with Gasteiger partial charge in [0.05, 0.1) is 17.3 Å². The van der Waals surface area contributed by atoms with Gasteiger partial charge in [-0.25, -0.2) is 15.0 Å². The van der Waals surface area contributed by atoms with E-state index in [0.29, 0.717) is 5.92 Å². The minimum atomic E-state index is 0.681. The first-order chi connectivity index (χ1) is 12.8. The minimum absolute atomic E-state index is 0.681. The number of thiophene rings is 1. The summed E-state index contributed by atoms with van der Waals surface area (Å²) in [5.41, 5.74) is 4.10. The summed E-state index contributed by atoms with van der Waals surface area (Å²) in [6, 6.07) is 2.25. The highest BCUT2D eigenvalue weighted by molar-refractivity contribution is 7.18. The second-order valence-electron chi connectivity index (χ2n) is 6.50. The van der Waals surface area contributed by atoms with Gasteiger partial charge < -0.3 is 5.32 Å². The van der Waals surface area contributed by atoms with Crippen molar-refractivity contribution in [2.24, 2.45) is 5.10 Å². The van der Waals surface area contributed by atoms with Crippen LogP contribution in [0.1, 0.15) is 53.6 Å². The van der Waals surface area contributed by atoms with Crippen LogP contribution < -0.4 is 10.7 Å². The average Bonchev–Trinajstić information content (AvgIpc) is 3.30. The topological polar surface area (TPSA) is 75.1 Å². The molecule has 0 bridgehead atoms. The molecule has 0 aliphatic heterocycles. The molecule has 0 amide bonds. The summed E-state index contributed by atoms with van der Waals surface area (Å²) in [6.07, 6.45) is 9.98. The third-order valence-corrected chi connectivity index (χ3v) is 6.66. The maximum absolute atomic E-state index is 4.49. The zero-order chi connectivity index (χ0) is 17.8. The van der Waals surface area contributed by atoms with Crippen LogP contribution in [0.2, 0.25) is 0 Å². The third-order valence-electron chi connectivity index (χ3n) is 4.63. The number of hydrogen-bond acceptors (Lipinski definition) is 8. The predicted molar refractivity (Wildman–Crippen MR) is 109 cm³/mol. The van der Waals surface area contributed by atoms with E-state index < -0.39 is 0 Å². The van der Waals surface area contributed by atoms with Crippen LogP contribution in [0.25, 0.3) is 10.2 Å². The monoisotopic (exact) mass is 386 g/mol. The zero-order valence-electron chi connectivity index (χ0n) is 14.7. The molecule has 6 nitrogen and oxygen atoms in total. The Morgan fingerprint density at radius 1 is 1.27 bits per heavy atom. The summed E-state index contributed by atoms with van der Waals surface area (Å²) in [6.45, 7) is 0.767. The van der Waals surface area contributed by atoms with Crippen molar-refractivity contribution < 1.29 is 0 Å². The molecule has 0 saturated heterocycles.